The average molecular weight is 188 g/mol. The molecule has 0 aliphatic carbocycles. The lowest BCUT2D eigenvalue weighted by Gasteiger charge is -2.22. The number of hydrogen-bond donors (Lipinski definition) is 1. The molecule has 0 aromatic carbocycles. The predicted molar refractivity (Wildman–Crippen MR) is 50.4 cm³/mol. The van der Waals surface area contributed by atoms with Crippen LogP contribution >= 0.6 is 0 Å². The minimum absolute atomic E-state index is 0.0694. The fraction of sp³-hybridized carbons (Fsp3) is 1.00. The van der Waals surface area contributed by atoms with E-state index < -0.39 is 5.79 Å². The van der Waals surface area contributed by atoms with E-state index in [4.69, 9.17) is 14.6 Å². The highest BCUT2D eigenvalue weighted by atomic mass is 16.7. The van der Waals surface area contributed by atoms with Crippen LogP contribution in [-0.2, 0) is 9.47 Å². The number of rotatable bonds is 4. The molecule has 3 nitrogen and oxygen atoms in total. The predicted octanol–water partition coefficient (Wildman–Crippen LogP) is 1.55. The maximum atomic E-state index is 9.15. The Hall–Kier alpha value is -0.120. The van der Waals surface area contributed by atoms with Gasteiger partial charge in [0.1, 0.15) is 0 Å². The Morgan fingerprint density at radius 3 is 2.62 bits per heavy atom. The summed E-state index contributed by atoms with van der Waals surface area (Å²) in [4.78, 5) is 0. The second-order valence-electron chi connectivity index (χ2n) is 4.10. The first-order valence-electron chi connectivity index (χ1n) is 5.01. The fourth-order valence-corrected chi connectivity index (χ4v) is 1.71. The summed E-state index contributed by atoms with van der Waals surface area (Å²) in [6.45, 7) is 6.74. The third kappa shape index (κ3) is 2.93. The summed E-state index contributed by atoms with van der Waals surface area (Å²) < 4.78 is 11.1. The first-order valence-corrected chi connectivity index (χ1v) is 5.01. The van der Waals surface area contributed by atoms with Crippen LogP contribution in [0.25, 0.3) is 0 Å². The molecule has 1 N–H and O–H groups in total. The Balaban J connectivity index is 2.43. The van der Waals surface area contributed by atoms with Gasteiger partial charge in [0.15, 0.2) is 5.79 Å². The molecule has 1 aliphatic heterocycles. The van der Waals surface area contributed by atoms with Crippen LogP contribution in [0, 0.1) is 5.92 Å². The minimum atomic E-state index is -0.466. The molecule has 0 aromatic heterocycles. The van der Waals surface area contributed by atoms with Crippen molar-refractivity contribution in [3.63, 3.8) is 0 Å². The Bertz CT molecular complexity index is 156. The van der Waals surface area contributed by atoms with Crippen LogP contribution in [0.1, 0.15) is 33.6 Å². The second kappa shape index (κ2) is 4.40. The van der Waals surface area contributed by atoms with Gasteiger partial charge < -0.3 is 14.6 Å². The Morgan fingerprint density at radius 1 is 1.54 bits per heavy atom. The van der Waals surface area contributed by atoms with Crippen molar-refractivity contribution in [2.24, 2.45) is 5.92 Å². The first kappa shape index (κ1) is 11.0. The third-order valence-electron chi connectivity index (χ3n) is 2.45. The summed E-state index contributed by atoms with van der Waals surface area (Å²) in [5.41, 5.74) is 0. The normalized spacial score (nSPS) is 29.1. The highest BCUT2D eigenvalue weighted by molar-refractivity contribution is 4.77. The lowest BCUT2D eigenvalue weighted by molar-refractivity contribution is -0.146. The average Bonchev–Trinajstić information content (AvgIpc) is 2.42. The van der Waals surface area contributed by atoms with E-state index in [0.29, 0.717) is 6.61 Å². The molecule has 1 aliphatic rings. The SMILES string of the molecule is CCC[C@H](CO)[C@@H]1COC(C)(C)O1. The maximum Gasteiger partial charge on any atom is 0.163 e. The molecule has 0 aromatic rings. The van der Waals surface area contributed by atoms with Gasteiger partial charge in [0.05, 0.1) is 12.7 Å². The quantitative estimate of drug-likeness (QED) is 0.727. The van der Waals surface area contributed by atoms with Gasteiger partial charge in [-0.25, -0.2) is 0 Å². The highest BCUT2D eigenvalue weighted by Gasteiger charge is 2.36. The molecule has 13 heavy (non-hydrogen) atoms. The second-order valence-corrected chi connectivity index (χ2v) is 4.10. The molecule has 0 radical (unpaired) electrons. The van der Waals surface area contributed by atoms with E-state index in [0.717, 1.165) is 12.8 Å². The van der Waals surface area contributed by atoms with E-state index in [-0.39, 0.29) is 18.6 Å². The van der Waals surface area contributed by atoms with Gasteiger partial charge in [-0.15, -0.1) is 0 Å². The molecular formula is C10H20O3. The van der Waals surface area contributed by atoms with Gasteiger partial charge in [0, 0.05) is 12.5 Å². The molecule has 1 saturated heterocycles. The Morgan fingerprint density at radius 2 is 2.23 bits per heavy atom. The molecule has 0 saturated carbocycles. The van der Waals surface area contributed by atoms with Gasteiger partial charge in [-0.05, 0) is 20.3 Å². The molecule has 1 rings (SSSR count). The van der Waals surface area contributed by atoms with Gasteiger partial charge in [0.25, 0.3) is 0 Å². The van der Waals surface area contributed by atoms with Crippen molar-refractivity contribution in [3.05, 3.63) is 0 Å². The Kier molecular flexibility index (Phi) is 3.71. The van der Waals surface area contributed by atoms with E-state index >= 15 is 0 Å². The molecule has 0 unspecified atom stereocenters. The van der Waals surface area contributed by atoms with Crippen LogP contribution in [0.4, 0.5) is 0 Å². The van der Waals surface area contributed by atoms with Crippen molar-refractivity contribution < 1.29 is 14.6 Å². The fourth-order valence-electron chi connectivity index (χ4n) is 1.71. The lowest BCUT2D eigenvalue weighted by Crippen LogP contribution is -2.28. The maximum absolute atomic E-state index is 9.15. The van der Waals surface area contributed by atoms with Crippen LogP contribution in [0.15, 0.2) is 0 Å². The van der Waals surface area contributed by atoms with Gasteiger partial charge in [-0.3, -0.25) is 0 Å². The molecule has 0 bridgehead atoms. The summed E-state index contributed by atoms with van der Waals surface area (Å²) >= 11 is 0. The van der Waals surface area contributed by atoms with E-state index in [1.165, 1.54) is 0 Å². The van der Waals surface area contributed by atoms with Gasteiger partial charge in [-0.2, -0.15) is 0 Å². The van der Waals surface area contributed by atoms with E-state index in [2.05, 4.69) is 6.92 Å². The van der Waals surface area contributed by atoms with Crippen molar-refractivity contribution in [2.45, 2.75) is 45.5 Å². The summed E-state index contributed by atoms with van der Waals surface area (Å²) in [5.74, 6) is -0.238. The van der Waals surface area contributed by atoms with Crippen LogP contribution < -0.4 is 0 Å². The zero-order valence-corrected chi connectivity index (χ0v) is 8.75. The van der Waals surface area contributed by atoms with Crippen LogP contribution in [0.3, 0.4) is 0 Å². The van der Waals surface area contributed by atoms with E-state index in [1.807, 2.05) is 13.8 Å². The van der Waals surface area contributed by atoms with Gasteiger partial charge in [-0.1, -0.05) is 13.3 Å². The van der Waals surface area contributed by atoms with Crippen molar-refractivity contribution in [1.82, 2.24) is 0 Å². The van der Waals surface area contributed by atoms with Gasteiger partial charge >= 0.3 is 0 Å². The number of aliphatic hydroxyl groups is 1. The van der Waals surface area contributed by atoms with Crippen LogP contribution in [-0.4, -0.2) is 30.2 Å². The summed E-state index contributed by atoms with van der Waals surface area (Å²) in [5, 5.41) is 9.15. The van der Waals surface area contributed by atoms with Crippen molar-refractivity contribution in [2.75, 3.05) is 13.2 Å². The van der Waals surface area contributed by atoms with Crippen LogP contribution in [0.2, 0.25) is 0 Å². The lowest BCUT2D eigenvalue weighted by atomic mass is 9.99. The van der Waals surface area contributed by atoms with Gasteiger partial charge in [0.2, 0.25) is 0 Å². The molecule has 1 heterocycles. The summed E-state index contributed by atoms with van der Waals surface area (Å²) in [6, 6.07) is 0. The summed E-state index contributed by atoms with van der Waals surface area (Å²) in [6.07, 6.45) is 2.14. The molecule has 2 atom stereocenters. The number of hydrogen-bond acceptors (Lipinski definition) is 3. The zero-order valence-electron chi connectivity index (χ0n) is 8.75. The third-order valence-corrected chi connectivity index (χ3v) is 2.45. The number of aliphatic hydroxyl groups excluding tert-OH is 1. The first-order chi connectivity index (χ1) is 6.09. The van der Waals surface area contributed by atoms with E-state index in [1.54, 1.807) is 0 Å². The number of ether oxygens (including phenoxy) is 2. The van der Waals surface area contributed by atoms with E-state index in [9.17, 15) is 0 Å². The van der Waals surface area contributed by atoms with Crippen molar-refractivity contribution >= 4 is 0 Å². The molecule has 78 valence electrons. The smallest absolute Gasteiger partial charge is 0.163 e. The molecule has 3 heteroatoms. The van der Waals surface area contributed by atoms with Crippen LogP contribution in [0.5, 0.6) is 0 Å². The van der Waals surface area contributed by atoms with Crippen molar-refractivity contribution in [3.8, 4) is 0 Å². The largest absolute Gasteiger partial charge is 0.396 e. The molecule has 1 fully saturated rings. The topological polar surface area (TPSA) is 38.7 Å². The van der Waals surface area contributed by atoms with Crippen molar-refractivity contribution in [1.29, 1.82) is 0 Å². The minimum Gasteiger partial charge on any atom is -0.396 e. The Labute approximate surface area is 80.0 Å². The highest BCUT2D eigenvalue weighted by Crippen LogP contribution is 2.28. The standard InChI is InChI=1S/C10H20O3/c1-4-5-8(6-11)9-7-12-10(2,3)13-9/h8-9,11H,4-7H2,1-3H3/t8-,9+/m1/s1. The molecule has 0 spiro atoms. The monoisotopic (exact) mass is 188 g/mol. The zero-order chi connectivity index (χ0) is 9.90. The molecule has 0 amide bonds. The molecular weight excluding hydrogens is 168 g/mol. The summed E-state index contributed by atoms with van der Waals surface area (Å²) in [7, 11) is 0.